The van der Waals surface area contributed by atoms with E-state index in [-0.39, 0.29) is 0 Å². The van der Waals surface area contributed by atoms with Crippen LogP contribution in [0.3, 0.4) is 0 Å². The normalized spacial score (nSPS) is 13.2. The molecule has 0 amide bonds. The van der Waals surface area contributed by atoms with Gasteiger partial charge in [-0.15, -0.1) is 0 Å². The summed E-state index contributed by atoms with van der Waals surface area (Å²) in [6.07, 6.45) is 3.49. The fourth-order valence-corrected chi connectivity index (χ4v) is 2.00. The first kappa shape index (κ1) is 16.8. The van der Waals surface area contributed by atoms with Crippen LogP contribution in [-0.2, 0) is 9.47 Å². The second kappa shape index (κ2) is 12.3. The molecule has 0 saturated heterocycles. The van der Waals surface area contributed by atoms with Gasteiger partial charge in [-0.3, -0.25) is 0 Å². The molecular formula is C13H30N2O2. The van der Waals surface area contributed by atoms with E-state index >= 15 is 0 Å². The van der Waals surface area contributed by atoms with Crippen molar-refractivity contribution in [2.24, 2.45) is 11.7 Å². The van der Waals surface area contributed by atoms with Gasteiger partial charge in [0, 0.05) is 40.5 Å². The summed E-state index contributed by atoms with van der Waals surface area (Å²) in [5.74, 6) is 0.611. The van der Waals surface area contributed by atoms with E-state index < -0.39 is 0 Å². The number of nitrogens with two attached hydrogens (primary N) is 1. The molecule has 0 aliphatic heterocycles. The third-order valence-electron chi connectivity index (χ3n) is 2.98. The molecule has 0 saturated carbocycles. The number of methoxy groups -OCH3 is 2. The number of ether oxygens (including phenoxy) is 2. The Bertz CT molecular complexity index is 156. The van der Waals surface area contributed by atoms with Crippen LogP contribution in [0.2, 0.25) is 0 Å². The molecule has 1 unspecified atom stereocenters. The highest BCUT2D eigenvalue weighted by atomic mass is 16.5. The molecule has 17 heavy (non-hydrogen) atoms. The molecule has 0 fully saturated rings. The maximum atomic E-state index is 5.81. The van der Waals surface area contributed by atoms with Crippen molar-refractivity contribution >= 4 is 0 Å². The minimum Gasteiger partial charge on any atom is -0.385 e. The smallest absolute Gasteiger partial charge is 0.0589 e. The van der Waals surface area contributed by atoms with Crippen molar-refractivity contribution in [1.29, 1.82) is 0 Å². The molecule has 0 aliphatic rings. The summed E-state index contributed by atoms with van der Waals surface area (Å²) < 4.78 is 10.2. The van der Waals surface area contributed by atoms with Crippen LogP contribution in [0, 0.1) is 5.92 Å². The van der Waals surface area contributed by atoms with Gasteiger partial charge in [0.15, 0.2) is 0 Å². The average molecular weight is 246 g/mol. The zero-order valence-electron chi connectivity index (χ0n) is 11.8. The minimum absolute atomic E-state index is 0.611. The quantitative estimate of drug-likeness (QED) is 0.528. The van der Waals surface area contributed by atoms with Gasteiger partial charge in [0.1, 0.15) is 0 Å². The Morgan fingerprint density at radius 2 is 1.82 bits per heavy atom. The number of hydrogen-bond donors (Lipinski definition) is 1. The predicted octanol–water partition coefficient (Wildman–Crippen LogP) is 1.35. The molecule has 4 nitrogen and oxygen atoms in total. The molecule has 104 valence electrons. The van der Waals surface area contributed by atoms with E-state index in [1.165, 1.54) is 12.8 Å². The summed E-state index contributed by atoms with van der Waals surface area (Å²) in [4.78, 5) is 2.44. The summed E-state index contributed by atoms with van der Waals surface area (Å²) in [6, 6.07) is 0. The van der Waals surface area contributed by atoms with Gasteiger partial charge in [0.05, 0.1) is 6.61 Å². The lowest BCUT2D eigenvalue weighted by Gasteiger charge is -2.26. The standard InChI is InChI=1S/C13H30N2O2/c1-4-6-13(11-14)12-15(8-10-17-3)7-5-9-16-2/h13H,4-12,14H2,1-3H3. The molecule has 0 rings (SSSR count). The molecule has 0 aliphatic carbocycles. The van der Waals surface area contributed by atoms with Crippen LogP contribution in [0.4, 0.5) is 0 Å². The lowest BCUT2D eigenvalue weighted by Crippen LogP contribution is -2.36. The van der Waals surface area contributed by atoms with E-state index in [0.717, 1.165) is 45.8 Å². The van der Waals surface area contributed by atoms with Gasteiger partial charge >= 0.3 is 0 Å². The average Bonchev–Trinajstić information content (AvgIpc) is 2.35. The van der Waals surface area contributed by atoms with E-state index in [0.29, 0.717) is 5.92 Å². The Morgan fingerprint density at radius 1 is 1.12 bits per heavy atom. The minimum atomic E-state index is 0.611. The Balaban J connectivity index is 3.95. The molecule has 0 bridgehead atoms. The van der Waals surface area contributed by atoms with E-state index in [2.05, 4.69) is 11.8 Å². The van der Waals surface area contributed by atoms with Gasteiger partial charge in [-0.05, 0) is 25.3 Å². The first-order valence-electron chi connectivity index (χ1n) is 6.68. The maximum Gasteiger partial charge on any atom is 0.0589 e. The molecule has 0 aromatic heterocycles. The molecule has 0 aromatic rings. The van der Waals surface area contributed by atoms with Crippen LogP contribution < -0.4 is 5.73 Å². The summed E-state index contributed by atoms with van der Waals surface area (Å²) >= 11 is 0. The van der Waals surface area contributed by atoms with Gasteiger partial charge in [0.2, 0.25) is 0 Å². The zero-order valence-corrected chi connectivity index (χ0v) is 11.8. The molecule has 4 heteroatoms. The molecule has 0 heterocycles. The highest BCUT2D eigenvalue weighted by molar-refractivity contribution is 4.67. The predicted molar refractivity (Wildman–Crippen MR) is 72.3 cm³/mol. The van der Waals surface area contributed by atoms with Crippen molar-refractivity contribution < 1.29 is 9.47 Å². The van der Waals surface area contributed by atoms with Gasteiger partial charge in [-0.1, -0.05) is 13.3 Å². The number of nitrogens with zero attached hydrogens (tertiary/aromatic N) is 1. The van der Waals surface area contributed by atoms with Crippen molar-refractivity contribution in [2.45, 2.75) is 26.2 Å². The van der Waals surface area contributed by atoms with Crippen molar-refractivity contribution in [1.82, 2.24) is 4.90 Å². The first-order valence-corrected chi connectivity index (χ1v) is 6.68. The van der Waals surface area contributed by atoms with E-state index in [4.69, 9.17) is 15.2 Å². The summed E-state index contributed by atoms with van der Waals surface area (Å²) in [5, 5.41) is 0. The summed E-state index contributed by atoms with van der Waals surface area (Å²) in [5.41, 5.74) is 5.81. The molecule has 0 aromatic carbocycles. The van der Waals surface area contributed by atoms with Crippen molar-refractivity contribution in [3.05, 3.63) is 0 Å². The van der Waals surface area contributed by atoms with Gasteiger partial charge < -0.3 is 20.1 Å². The largest absolute Gasteiger partial charge is 0.385 e. The highest BCUT2D eigenvalue weighted by Gasteiger charge is 2.12. The van der Waals surface area contributed by atoms with E-state index in [1.54, 1.807) is 14.2 Å². The molecule has 0 spiro atoms. The van der Waals surface area contributed by atoms with Crippen LogP contribution >= 0.6 is 0 Å². The van der Waals surface area contributed by atoms with Crippen LogP contribution in [0.5, 0.6) is 0 Å². The fourth-order valence-electron chi connectivity index (χ4n) is 2.00. The van der Waals surface area contributed by atoms with Crippen LogP contribution in [0.25, 0.3) is 0 Å². The first-order chi connectivity index (χ1) is 8.28. The van der Waals surface area contributed by atoms with Crippen molar-refractivity contribution in [2.75, 3.05) is 53.6 Å². The summed E-state index contributed by atoms with van der Waals surface area (Å²) in [7, 11) is 3.50. The lowest BCUT2D eigenvalue weighted by atomic mass is 10.0. The van der Waals surface area contributed by atoms with Gasteiger partial charge in [-0.2, -0.15) is 0 Å². The van der Waals surface area contributed by atoms with Crippen LogP contribution in [0.1, 0.15) is 26.2 Å². The zero-order chi connectivity index (χ0) is 12.9. The maximum absolute atomic E-state index is 5.81. The van der Waals surface area contributed by atoms with Crippen LogP contribution in [0.15, 0.2) is 0 Å². The topological polar surface area (TPSA) is 47.7 Å². The third-order valence-corrected chi connectivity index (χ3v) is 2.98. The van der Waals surface area contributed by atoms with Gasteiger partial charge in [0.25, 0.3) is 0 Å². The SMILES string of the molecule is CCCC(CN)CN(CCCOC)CCOC. The second-order valence-electron chi connectivity index (χ2n) is 4.53. The lowest BCUT2D eigenvalue weighted by molar-refractivity contribution is 0.122. The Morgan fingerprint density at radius 3 is 2.35 bits per heavy atom. The van der Waals surface area contributed by atoms with E-state index in [9.17, 15) is 0 Å². The van der Waals surface area contributed by atoms with Crippen LogP contribution in [-0.4, -0.2) is 58.5 Å². The molecule has 1 atom stereocenters. The van der Waals surface area contributed by atoms with Crippen molar-refractivity contribution in [3.8, 4) is 0 Å². The Labute approximate surface area is 106 Å². The highest BCUT2D eigenvalue weighted by Crippen LogP contribution is 2.07. The Kier molecular flexibility index (Phi) is 12.2. The fraction of sp³-hybridized carbons (Fsp3) is 1.00. The Hall–Kier alpha value is -0.160. The number of hydrogen-bond acceptors (Lipinski definition) is 4. The number of rotatable bonds is 12. The van der Waals surface area contributed by atoms with E-state index in [1.807, 2.05) is 0 Å². The monoisotopic (exact) mass is 246 g/mol. The van der Waals surface area contributed by atoms with Gasteiger partial charge in [-0.25, -0.2) is 0 Å². The van der Waals surface area contributed by atoms with Crippen molar-refractivity contribution in [3.63, 3.8) is 0 Å². The summed E-state index contributed by atoms with van der Waals surface area (Å²) in [6.45, 7) is 7.74. The molecular weight excluding hydrogens is 216 g/mol. The molecule has 2 N–H and O–H groups in total. The third kappa shape index (κ3) is 9.53. The second-order valence-corrected chi connectivity index (χ2v) is 4.53. The molecule has 0 radical (unpaired) electrons.